The first-order valence-electron chi connectivity index (χ1n) is 6.41. The molecule has 1 aromatic carbocycles. The molecule has 0 bridgehead atoms. The van der Waals surface area contributed by atoms with E-state index < -0.39 is 45.8 Å². The number of carbonyl (C=O) groups is 1. The third-order valence-electron chi connectivity index (χ3n) is 2.98. The summed E-state index contributed by atoms with van der Waals surface area (Å²) in [5, 5.41) is 1.15. The number of amides is 1. The van der Waals surface area contributed by atoms with Gasteiger partial charge in [0.05, 0.1) is 26.2 Å². The lowest BCUT2D eigenvalue weighted by atomic mass is 10.1. The van der Waals surface area contributed by atoms with Gasteiger partial charge in [-0.15, -0.1) is 0 Å². The molecular formula is C14H5Cl3F6N2O. The normalized spacial score (nSPS) is 12.2. The molecule has 0 aliphatic rings. The largest absolute Gasteiger partial charge is 0.416 e. The molecule has 26 heavy (non-hydrogen) atoms. The summed E-state index contributed by atoms with van der Waals surface area (Å²) in [4.78, 5) is 15.7. The Morgan fingerprint density at radius 2 is 1.38 bits per heavy atom. The minimum Gasteiger partial charge on any atom is -0.321 e. The van der Waals surface area contributed by atoms with Crippen molar-refractivity contribution in [3.05, 3.63) is 56.3 Å². The van der Waals surface area contributed by atoms with E-state index in [1.807, 2.05) is 5.32 Å². The van der Waals surface area contributed by atoms with Crippen LogP contribution in [0, 0.1) is 0 Å². The highest BCUT2D eigenvalue weighted by Crippen LogP contribution is 2.38. The number of rotatable bonds is 2. The van der Waals surface area contributed by atoms with Crippen molar-refractivity contribution >= 4 is 46.4 Å². The molecule has 0 saturated heterocycles. The lowest BCUT2D eigenvalue weighted by Gasteiger charge is -2.15. The number of anilines is 1. The molecule has 3 nitrogen and oxygen atoms in total. The Hall–Kier alpha value is -1.71. The average Bonchev–Trinajstić information content (AvgIpc) is 2.50. The fourth-order valence-electron chi connectivity index (χ4n) is 1.82. The van der Waals surface area contributed by atoms with Gasteiger partial charge in [0.2, 0.25) is 0 Å². The van der Waals surface area contributed by atoms with Crippen molar-refractivity contribution in [1.29, 1.82) is 0 Å². The minimum absolute atomic E-state index is 0.0694. The van der Waals surface area contributed by atoms with Crippen molar-refractivity contribution in [2.75, 3.05) is 5.32 Å². The second kappa shape index (κ2) is 7.13. The van der Waals surface area contributed by atoms with Gasteiger partial charge in [0, 0.05) is 11.9 Å². The zero-order chi connectivity index (χ0) is 19.9. The molecule has 1 N–H and O–H groups in total. The van der Waals surface area contributed by atoms with E-state index in [0.29, 0.717) is 12.1 Å². The Kier molecular flexibility index (Phi) is 5.65. The molecule has 0 unspecified atom stereocenters. The highest BCUT2D eigenvalue weighted by Gasteiger charge is 2.37. The summed E-state index contributed by atoms with van der Waals surface area (Å²) in [7, 11) is 0. The zero-order valence-electron chi connectivity index (χ0n) is 12.1. The van der Waals surface area contributed by atoms with Crippen LogP contribution in [0.2, 0.25) is 15.1 Å². The molecule has 0 saturated carbocycles. The number of pyridine rings is 1. The molecule has 0 fully saturated rings. The molecule has 0 aliphatic carbocycles. The zero-order valence-corrected chi connectivity index (χ0v) is 14.3. The topological polar surface area (TPSA) is 42.0 Å². The van der Waals surface area contributed by atoms with Crippen LogP contribution in [0.3, 0.4) is 0 Å². The highest BCUT2D eigenvalue weighted by atomic mass is 35.5. The van der Waals surface area contributed by atoms with E-state index in [9.17, 15) is 31.1 Å². The van der Waals surface area contributed by atoms with Gasteiger partial charge < -0.3 is 5.32 Å². The van der Waals surface area contributed by atoms with Crippen LogP contribution in [0.25, 0.3) is 0 Å². The van der Waals surface area contributed by atoms with Crippen LogP contribution in [0.15, 0.2) is 24.4 Å². The van der Waals surface area contributed by atoms with Crippen molar-refractivity contribution in [2.45, 2.75) is 12.4 Å². The third-order valence-corrected chi connectivity index (χ3v) is 4.22. The number of alkyl halides is 6. The molecule has 2 aromatic rings. The molecule has 0 atom stereocenters. The van der Waals surface area contributed by atoms with Crippen molar-refractivity contribution in [3.63, 3.8) is 0 Å². The lowest BCUT2D eigenvalue weighted by molar-refractivity contribution is -0.143. The first-order chi connectivity index (χ1) is 11.8. The number of nitrogens with zero attached hydrogens (tertiary/aromatic N) is 1. The van der Waals surface area contributed by atoms with Crippen LogP contribution in [0.5, 0.6) is 0 Å². The van der Waals surface area contributed by atoms with Gasteiger partial charge in [0.15, 0.2) is 0 Å². The number of hydrogen-bond donors (Lipinski definition) is 1. The van der Waals surface area contributed by atoms with Gasteiger partial charge in [0.1, 0.15) is 5.69 Å². The maximum Gasteiger partial charge on any atom is 0.416 e. The summed E-state index contributed by atoms with van der Waals surface area (Å²) in [5.41, 5.74) is -4.44. The lowest BCUT2D eigenvalue weighted by Crippen LogP contribution is -2.17. The second-order valence-electron chi connectivity index (χ2n) is 4.83. The second-order valence-corrected chi connectivity index (χ2v) is 5.99. The summed E-state index contributed by atoms with van der Waals surface area (Å²) in [5.74, 6) is -1.17. The van der Waals surface area contributed by atoms with Crippen LogP contribution >= 0.6 is 34.8 Å². The molecule has 0 radical (unpaired) electrons. The summed E-state index contributed by atoms with van der Waals surface area (Å²) in [6, 6.07) is 0.622. The number of carbonyl (C=O) groups excluding carboxylic acids is 1. The molecule has 0 spiro atoms. The Labute approximate surface area is 156 Å². The van der Waals surface area contributed by atoms with E-state index in [2.05, 4.69) is 4.98 Å². The van der Waals surface area contributed by atoms with E-state index >= 15 is 0 Å². The molecule has 140 valence electrons. The summed E-state index contributed by atoms with van der Waals surface area (Å²) in [6.45, 7) is 0. The Morgan fingerprint density at radius 3 is 1.85 bits per heavy atom. The van der Waals surface area contributed by atoms with Crippen LogP contribution in [-0.4, -0.2) is 10.9 Å². The van der Waals surface area contributed by atoms with Crippen LogP contribution in [0.4, 0.5) is 32.0 Å². The predicted molar refractivity (Wildman–Crippen MR) is 83.7 cm³/mol. The van der Waals surface area contributed by atoms with Crippen LogP contribution < -0.4 is 5.32 Å². The van der Waals surface area contributed by atoms with Crippen LogP contribution in [-0.2, 0) is 12.4 Å². The monoisotopic (exact) mass is 436 g/mol. The van der Waals surface area contributed by atoms with Crippen LogP contribution in [0.1, 0.15) is 21.6 Å². The fourth-order valence-corrected chi connectivity index (χ4v) is 2.39. The molecule has 0 aliphatic heterocycles. The standard InChI is InChI=1S/C14H5Cl3F6N2O/c15-8-4-24-11(10(17)9(8)16)12(26)25-7-2-5(13(18,19)20)1-6(3-7)14(21,22)23/h1-4H,(H,25,26). The van der Waals surface area contributed by atoms with E-state index in [4.69, 9.17) is 34.8 Å². The maximum atomic E-state index is 12.8. The average molecular weight is 438 g/mol. The molecular weight excluding hydrogens is 433 g/mol. The fraction of sp³-hybridized carbons (Fsp3) is 0.143. The smallest absolute Gasteiger partial charge is 0.321 e. The molecule has 12 heteroatoms. The Morgan fingerprint density at radius 1 is 0.885 bits per heavy atom. The quantitative estimate of drug-likeness (QED) is 0.558. The van der Waals surface area contributed by atoms with Gasteiger partial charge in [-0.1, -0.05) is 34.8 Å². The number of hydrogen-bond acceptors (Lipinski definition) is 2. The van der Waals surface area contributed by atoms with Gasteiger partial charge in [-0.3, -0.25) is 4.79 Å². The highest BCUT2D eigenvalue weighted by molar-refractivity contribution is 6.49. The third kappa shape index (κ3) is 4.52. The molecule has 2 rings (SSSR count). The van der Waals surface area contributed by atoms with E-state index in [1.165, 1.54) is 0 Å². The van der Waals surface area contributed by atoms with E-state index in [0.717, 1.165) is 6.20 Å². The first-order valence-corrected chi connectivity index (χ1v) is 7.54. The Balaban J connectivity index is 2.46. The number of nitrogens with one attached hydrogen (secondary N) is 1. The predicted octanol–water partition coefficient (Wildman–Crippen LogP) is 6.33. The number of aromatic nitrogens is 1. The van der Waals surface area contributed by atoms with Gasteiger partial charge in [-0.25, -0.2) is 4.98 Å². The van der Waals surface area contributed by atoms with Gasteiger partial charge in [-0.05, 0) is 18.2 Å². The molecule has 1 heterocycles. The maximum absolute atomic E-state index is 12.8. The van der Waals surface area contributed by atoms with Gasteiger partial charge >= 0.3 is 12.4 Å². The summed E-state index contributed by atoms with van der Waals surface area (Å²) in [6.07, 6.45) is -9.15. The van der Waals surface area contributed by atoms with Gasteiger partial charge in [-0.2, -0.15) is 26.3 Å². The van der Waals surface area contributed by atoms with E-state index in [-0.39, 0.29) is 16.1 Å². The SMILES string of the molecule is O=C(Nc1cc(C(F)(F)F)cc(C(F)(F)F)c1)c1ncc(Cl)c(Cl)c1Cl. The van der Waals surface area contributed by atoms with Gasteiger partial charge in [0.25, 0.3) is 5.91 Å². The molecule has 1 aromatic heterocycles. The summed E-state index contributed by atoms with van der Waals surface area (Å²) < 4.78 is 76.9. The van der Waals surface area contributed by atoms with Crippen molar-refractivity contribution in [3.8, 4) is 0 Å². The van der Waals surface area contributed by atoms with Crippen molar-refractivity contribution < 1.29 is 31.1 Å². The number of benzene rings is 1. The molecule has 1 amide bonds. The first kappa shape index (κ1) is 20.6. The van der Waals surface area contributed by atoms with Crippen molar-refractivity contribution in [1.82, 2.24) is 4.98 Å². The van der Waals surface area contributed by atoms with Crippen molar-refractivity contribution in [2.24, 2.45) is 0 Å². The summed E-state index contributed by atoms with van der Waals surface area (Å²) >= 11 is 17.1. The van der Waals surface area contributed by atoms with E-state index in [1.54, 1.807) is 0 Å². The Bertz CT molecular complexity index is 835. The minimum atomic E-state index is -5.06. The number of halogens is 9.